The lowest BCUT2D eigenvalue weighted by Gasteiger charge is -2.36. The average Bonchev–Trinajstić information content (AvgIpc) is 2.64. The zero-order valence-corrected chi connectivity index (χ0v) is 25.0. The van der Waals surface area contributed by atoms with E-state index in [2.05, 4.69) is 10.6 Å². The normalized spacial score (nSPS) is 16.7. The summed E-state index contributed by atoms with van der Waals surface area (Å²) in [6, 6.07) is -0.666. The fourth-order valence-electron chi connectivity index (χ4n) is 3.16. The maximum atomic E-state index is 12.0. The van der Waals surface area contributed by atoms with Crippen LogP contribution in [0.15, 0.2) is 0 Å². The maximum absolute atomic E-state index is 12.0. The number of nitrogens with zero attached hydrogens (tertiary/aromatic N) is 1. The molecule has 0 bridgehead atoms. The van der Waals surface area contributed by atoms with Crippen molar-refractivity contribution in [1.82, 2.24) is 15.5 Å². The summed E-state index contributed by atoms with van der Waals surface area (Å²) >= 11 is 0. The number of rotatable bonds is 5. The molecule has 10 heteroatoms. The molecule has 0 aliphatic carbocycles. The number of hydrogen-bond acceptors (Lipinski definition) is 7. The SMILES string of the molecule is CC(C)(C)OC(=O)N[C@H](CN1C(=O)CCCC1=O)C(C)(C)C.CC(C)(C)OC(=O)N[C@H](CO)C(C)(C)C. The quantitative estimate of drug-likeness (QED) is 0.450. The van der Waals surface area contributed by atoms with Crippen LogP contribution in [0.3, 0.4) is 0 Å². The van der Waals surface area contributed by atoms with Gasteiger partial charge in [0.2, 0.25) is 11.8 Å². The average molecular weight is 530 g/mol. The monoisotopic (exact) mass is 529 g/mol. The Hall–Kier alpha value is -2.36. The van der Waals surface area contributed by atoms with E-state index in [1.807, 2.05) is 41.5 Å². The zero-order valence-electron chi connectivity index (χ0n) is 25.0. The molecule has 3 N–H and O–H groups in total. The molecule has 0 aromatic carbocycles. The van der Waals surface area contributed by atoms with Crippen molar-refractivity contribution in [2.75, 3.05) is 13.2 Å². The summed E-state index contributed by atoms with van der Waals surface area (Å²) in [7, 11) is 0. The number of nitrogens with one attached hydrogen (secondary N) is 2. The number of imide groups is 1. The first-order valence-corrected chi connectivity index (χ1v) is 12.9. The van der Waals surface area contributed by atoms with Gasteiger partial charge in [-0.15, -0.1) is 0 Å². The number of carbonyl (C=O) groups is 4. The van der Waals surface area contributed by atoms with E-state index >= 15 is 0 Å². The largest absolute Gasteiger partial charge is 0.444 e. The summed E-state index contributed by atoms with van der Waals surface area (Å²) in [5.74, 6) is -0.340. The minimum Gasteiger partial charge on any atom is -0.444 e. The highest BCUT2D eigenvalue weighted by Gasteiger charge is 2.35. The van der Waals surface area contributed by atoms with Gasteiger partial charge in [0.25, 0.3) is 0 Å². The number of alkyl carbamates (subject to hydrolysis) is 2. The van der Waals surface area contributed by atoms with Gasteiger partial charge in [-0.1, -0.05) is 41.5 Å². The second kappa shape index (κ2) is 13.4. The standard InChI is InChI=1S/C16H28N2O4.C11H23NO3/c1-15(2,3)11(17-14(21)22-16(4,5)6)10-18-12(19)8-7-9-13(18)20;1-10(2,3)8(7-13)12-9(14)15-11(4,5)6/h11H,7-10H2,1-6H3,(H,17,21);8,13H,7H2,1-6H3,(H,12,14)/t11-;8-/m11/s1. The van der Waals surface area contributed by atoms with Crippen molar-refractivity contribution in [3.63, 3.8) is 0 Å². The van der Waals surface area contributed by atoms with Crippen LogP contribution < -0.4 is 10.6 Å². The molecule has 4 amide bonds. The van der Waals surface area contributed by atoms with Gasteiger partial charge in [-0.25, -0.2) is 9.59 Å². The van der Waals surface area contributed by atoms with Crippen LogP contribution in [0.1, 0.15) is 102 Å². The van der Waals surface area contributed by atoms with Gasteiger partial charge in [0.1, 0.15) is 11.2 Å². The highest BCUT2D eigenvalue weighted by Crippen LogP contribution is 2.23. The van der Waals surface area contributed by atoms with Crippen molar-refractivity contribution in [2.24, 2.45) is 10.8 Å². The Bertz CT molecular complexity index is 768. The molecular weight excluding hydrogens is 478 g/mol. The first-order chi connectivity index (χ1) is 16.5. The molecule has 0 unspecified atom stereocenters. The molecule has 216 valence electrons. The van der Waals surface area contributed by atoms with Crippen molar-refractivity contribution >= 4 is 24.0 Å². The van der Waals surface area contributed by atoms with Gasteiger partial charge in [-0.3, -0.25) is 14.5 Å². The molecule has 0 radical (unpaired) electrons. The van der Waals surface area contributed by atoms with Crippen LogP contribution >= 0.6 is 0 Å². The van der Waals surface area contributed by atoms with Crippen LogP contribution in [-0.2, 0) is 19.1 Å². The molecular formula is C27H51N3O7. The second-order valence-electron chi connectivity index (χ2n) is 13.6. The summed E-state index contributed by atoms with van der Waals surface area (Å²) in [4.78, 5) is 48.6. The molecule has 0 spiro atoms. The number of aliphatic hydroxyl groups excluding tert-OH is 1. The van der Waals surface area contributed by atoms with E-state index in [0.717, 1.165) is 0 Å². The van der Waals surface area contributed by atoms with Crippen molar-refractivity contribution in [3.8, 4) is 0 Å². The number of carbonyl (C=O) groups excluding carboxylic acids is 4. The zero-order chi connectivity index (χ0) is 29.4. The fraction of sp³-hybridized carbons (Fsp3) is 0.852. The first kappa shape index (κ1) is 34.6. The van der Waals surface area contributed by atoms with Crippen LogP contribution in [0.4, 0.5) is 9.59 Å². The second-order valence-corrected chi connectivity index (χ2v) is 13.6. The van der Waals surface area contributed by atoms with Gasteiger partial charge in [-0.2, -0.15) is 0 Å². The van der Waals surface area contributed by atoms with E-state index in [-0.39, 0.29) is 47.9 Å². The molecule has 0 saturated carbocycles. The summed E-state index contributed by atoms with van der Waals surface area (Å²) in [5, 5.41) is 14.6. The first-order valence-electron chi connectivity index (χ1n) is 12.9. The predicted molar refractivity (Wildman–Crippen MR) is 143 cm³/mol. The molecule has 10 nitrogen and oxygen atoms in total. The van der Waals surface area contributed by atoms with E-state index in [0.29, 0.717) is 19.3 Å². The summed E-state index contributed by atoms with van der Waals surface area (Å²) in [5.41, 5.74) is -1.61. The number of ether oxygens (including phenoxy) is 2. The van der Waals surface area contributed by atoms with Gasteiger partial charge >= 0.3 is 12.2 Å². The van der Waals surface area contributed by atoms with Gasteiger partial charge in [-0.05, 0) is 58.8 Å². The summed E-state index contributed by atoms with van der Waals surface area (Å²) in [6.45, 7) is 22.6. The van der Waals surface area contributed by atoms with Crippen molar-refractivity contribution in [2.45, 2.75) is 126 Å². The van der Waals surface area contributed by atoms with E-state index in [1.54, 1.807) is 41.5 Å². The van der Waals surface area contributed by atoms with Crippen molar-refractivity contribution in [3.05, 3.63) is 0 Å². The lowest BCUT2D eigenvalue weighted by Crippen LogP contribution is -2.54. The van der Waals surface area contributed by atoms with E-state index in [9.17, 15) is 19.2 Å². The van der Waals surface area contributed by atoms with Crippen LogP contribution in [0, 0.1) is 10.8 Å². The maximum Gasteiger partial charge on any atom is 0.407 e. The Morgan fingerprint density at radius 2 is 1.11 bits per heavy atom. The molecule has 1 heterocycles. The summed E-state index contributed by atoms with van der Waals surface area (Å²) < 4.78 is 10.4. The molecule has 0 aromatic heterocycles. The topological polar surface area (TPSA) is 134 Å². The Kier molecular flexibility index (Phi) is 12.6. The van der Waals surface area contributed by atoms with E-state index in [1.165, 1.54) is 4.90 Å². The van der Waals surface area contributed by atoms with Crippen molar-refractivity contribution in [1.29, 1.82) is 0 Å². The van der Waals surface area contributed by atoms with Crippen LogP contribution in [0.2, 0.25) is 0 Å². The predicted octanol–water partition coefficient (Wildman–Crippen LogP) is 4.38. The lowest BCUT2D eigenvalue weighted by atomic mass is 9.86. The van der Waals surface area contributed by atoms with Gasteiger partial charge in [0.15, 0.2) is 0 Å². The van der Waals surface area contributed by atoms with E-state index in [4.69, 9.17) is 14.6 Å². The highest BCUT2D eigenvalue weighted by molar-refractivity contribution is 5.97. The number of hydrogen-bond donors (Lipinski definition) is 3. The van der Waals surface area contributed by atoms with Gasteiger partial charge < -0.3 is 25.2 Å². The third-order valence-electron chi connectivity index (χ3n) is 5.40. The van der Waals surface area contributed by atoms with Crippen LogP contribution in [0.5, 0.6) is 0 Å². The molecule has 37 heavy (non-hydrogen) atoms. The van der Waals surface area contributed by atoms with Crippen LogP contribution in [0.25, 0.3) is 0 Å². The van der Waals surface area contributed by atoms with Crippen molar-refractivity contribution < 1.29 is 33.8 Å². The third kappa shape index (κ3) is 14.8. The number of amides is 4. The third-order valence-corrected chi connectivity index (χ3v) is 5.40. The van der Waals surface area contributed by atoms with Gasteiger partial charge in [0.05, 0.1) is 18.7 Å². The minimum atomic E-state index is -0.594. The smallest absolute Gasteiger partial charge is 0.407 e. The molecule has 2 atom stereocenters. The van der Waals surface area contributed by atoms with Crippen LogP contribution in [-0.4, -0.2) is 70.4 Å². The Balaban J connectivity index is 0.000000757. The van der Waals surface area contributed by atoms with Gasteiger partial charge in [0, 0.05) is 19.4 Å². The molecule has 1 aliphatic heterocycles. The number of piperidine rings is 1. The molecule has 1 saturated heterocycles. The Labute approximate surface area is 223 Å². The Morgan fingerprint density at radius 3 is 1.41 bits per heavy atom. The van der Waals surface area contributed by atoms with E-state index < -0.39 is 23.4 Å². The molecule has 0 aromatic rings. The molecule has 1 fully saturated rings. The summed E-state index contributed by atoms with van der Waals surface area (Å²) in [6.07, 6.45) is 0.346. The lowest BCUT2D eigenvalue weighted by molar-refractivity contribution is -0.148. The number of aliphatic hydroxyl groups is 1. The molecule has 1 aliphatic rings. The fourth-order valence-corrected chi connectivity index (χ4v) is 3.16. The minimum absolute atomic E-state index is 0.0945. The molecule has 1 rings (SSSR count). The Morgan fingerprint density at radius 1 is 0.757 bits per heavy atom. The highest BCUT2D eigenvalue weighted by atomic mass is 16.6. The number of likely N-dealkylation sites (tertiary alicyclic amines) is 1.